The molecule has 3 N–H and O–H groups in total. The van der Waals surface area contributed by atoms with Gasteiger partial charge < -0.3 is 20.3 Å². The van der Waals surface area contributed by atoms with Gasteiger partial charge in [-0.05, 0) is 24.6 Å². The standard InChI is InChI=1S/C12H19NO3/c1-8(7-13)12(14)11-9(15-2)5-4-6-10(11)16-3/h4-6,8,12,14H,7,13H2,1-3H3. The number of benzene rings is 1. The van der Waals surface area contributed by atoms with Crippen LogP contribution in [0.5, 0.6) is 11.5 Å². The highest BCUT2D eigenvalue weighted by Crippen LogP contribution is 2.36. The number of rotatable bonds is 5. The molecule has 2 unspecified atom stereocenters. The minimum absolute atomic E-state index is 0.0507. The highest BCUT2D eigenvalue weighted by molar-refractivity contribution is 5.46. The predicted octanol–water partition coefficient (Wildman–Crippen LogP) is 1.33. The summed E-state index contributed by atoms with van der Waals surface area (Å²) in [4.78, 5) is 0. The van der Waals surface area contributed by atoms with Crippen LogP contribution in [0.15, 0.2) is 18.2 Å². The Balaban J connectivity index is 3.17. The molecule has 4 heteroatoms. The van der Waals surface area contributed by atoms with Crippen LogP contribution in [-0.2, 0) is 0 Å². The van der Waals surface area contributed by atoms with Gasteiger partial charge in [0.05, 0.1) is 25.9 Å². The van der Waals surface area contributed by atoms with Crippen molar-refractivity contribution in [2.75, 3.05) is 20.8 Å². The predicted molar refractivity (Wildman–Crippen MR) is 62.7 cm³/mol. The first-order valence-electron chi connectivity index (χ1n) is 5.24. The molecular formula is C12H19NO3. The fourth-order valence-corrected chi connectivity index (χ4v) is 1.58. The Labute approximate surface area is 96.0 Å². The molecular weight excluding hydrogens is 206 g/mol. The molecule has 16 heavy (non-hydrogen) atoms. The summed E-state index contributed by atoms with van der Waals surface area (Å²) in [6, 6.07) is 5.41. The lowest BCUT2D eigenvalue weighted by Gasteiger charge is -2.22. The van der Waals surface area contributed by atoms with Crippen LogP contribution in [-0.4, -0.2) is 25.9 Å². The zero-order chi connectivity index (χ0) is 12.1. The summed E-state index contributed by atoms with van der Waals surface area (Å²) in [6.45, 7) is 2.29. The van der Waals surface area contributed by atoms with Crippen LogP contribution in [0.1, 0.15) is 18.6 Å². The molecule has 0 radical (unpaired) electrons. The van der Waals surface area contributed by atoms with Crippen LogP contribution < -0.4 is 15.2 Å². The van der Waals surface area contributed by atoms with Crippen LogP contribution in [0.2, 0.25) is 0 Å². The SMILES string of the molecule is COc1cccc(OC)c1C(O)C(C)CN. The first-order valence-corrected chi connectivity index (χ1v) is 5.24. The lowest BCUT2D eigenvalue weighted by Crippen LogP contribution is -2.19. The number of hydrogen-bond donors (Lipinski definition) is 2. The number of hydrogen-bond acceptors (Lipinski definition) is 4. The molecule has 90 valence electrons. The fraction of sp³-hybridized carbons (Fsp3) is 0.500. The van der Waals surface area contributed by atoms with E-state index in [1.165, 1.54) is 0 Å². The summed E-state index contributed by atoms with van der Waals surface area (Å²) in [5, 5.41) is 10.2. The molecule has 0 aliphatic heterocycles. The van der Waals surface area contributed by atoms with Crippen molar-refractivity contribution in [2.24, 2.45) is 11.7 Å². The second-order valence-electron chi connectivity index (χ2n) is 3.73. The molecule has 1 rings (SSSR count). The van der Waals surface area contributed by atoms with Gasteiger partial charge >= 0.3 is 0 Å². The third-order valence-electron chi connectivity index (χ3n) is 2.67. The molecule has 0 aromatic heterocycles. The summed E-state index contributed by atoms with van der Waals surface area (Å²) in [5.74, 6) is 1.18. The van der Waals surface area contributed by atoms with Gasteiger partial charge in [-0.3, -0.25) is 0 Å². The van der Waals surface area contributed by atoms with Gasteiger partial charge in [0, 0.05) is 0 Å². The van der Waals surface area contributed by atoms with E-state index < -0.39 is 6.10 Å². The van der Waals surface area contributed by atoms with E-state index in [9.17, 15) is 5.11 Å². The molecule has 0 bridgehead atoms. The minimum atomic E-state index is -0.684. The van der Waals surface area contributed by atoms with Crippen LogP contribution in [0.3, 0.4) is 0 Å². The van der Waals surface area contributed by atoms with E-state index >= 15 is 0 Å². The van der Waals surface area contributed by atoms with Gasteiger partial charge in [-0.15, -0.1) is 0 Å². The lowest BCUT2D eigenvalue weighted by atomic mass is 9.96. The van der Waals surface area contributed by atoms with E-state index in [1.807, 2.05) is 13.0 Å². The van der Waals surface area contributed by atoms with Gasteiger partial charge in [0.15, 0.2) is 0 Å². The number of aliphatic hydroxyl groups excluding tert-OH is 1. The van der Waals surface area contributed by atoms with E-state index in [2.05, 4.69) is 0 Å². The monoisotopic (exact) mass is 225 g/mol. The van der Waals surface area contributed by atoms with Crippen molar-refractivity contribution >= 4 is 0 Å². The van der Waals surface area contributed by atoms with Crippen LogP contribution in [0.25, 0.3) is 0 Å². The maximum absolute atomic E-state index is 10.2. The zero-order valence-corrected chi connectivity index (χ0v) is 9.93. The van der Waals surface area contributed by atoms with E-state index in [0.29, 0.717) is 23.6 Å². The lowest BCUT2D eigenvalue weighted by molar-refractivity contribution is 0.115. The normalized spacial score (nSPS) is 14.3. The second kappa shape index (κ2) is 5.72. The molecule has 0 amide bonds. The van der Waals surface area contributed by atoms with Crippen LogP contribution in [0.4, 0.5) is 0 Å². The average Bonchev–Trinajstić information content (AvgIpc) is 2.35. The third-order valence-corrected chi connectivity index (χ3v) is 2.67. The van der Waals surface area contributed by atoms with Crippen LogP contribution >= 0.6 is 0 Å². The minimum Gasteiger partial charge on any atom is -0.496 e. The largest absolute Gasteiger partial charge is 0.496 e. The summed E-state index contributed by atoms with van der Waals surface area (Å²) in [5.41, 5.74) is 6.21. The topological polar surface area (TPSA) is 64.7 Å². The fourth-order valence-electron chi connectivity index (χ4n) is 1.58. The van der Waals surface area contributed by atoms with Crippen LogP contribution in [0, 0.1) is 5.92 Å². The van der Waals surface area contributed by atoms with Crippen molar-refractivity contribution < 1.29 is 14.6 Å². The smallest absolute Gasteiger partial charge is 0.128 e. The molecule has 4 nitrogen and oxygen atoms in total. The Morgan fingerprint density at radius 2 is 1.75 bits per heavy atom. The highest BCUT2D eigenvalue weighted by Gasteiger charge is 2.22. The molecule has 0 saturated carbocycles. The third kappa shape index (κ3) is 2.46. The van der Waals surface area contributed by atoms with Gasteiger partial charge in [-0.1, -0.05) is 13.0 Å². The van der Waals surface area contributed by atoms with Crippen molar-refractivity contribution in [2.45, 2.75) is 13.0 Å². The maximum atomic E-state index is 10.2. The van der Waals surface area contributed by atoms with Gasteiger partial charge in [0.1, 0.15) is 11.5 Å². The molecule has 1 aromatic carbocycles. The van der Waals surface area contributed by atoms with Gasteiger partial charge in [0.2, 0.25) is 0 Å². The van der Waals surface area contributed by atoms with Crippen molar-refractivity contribution in [3.8, 4) is 11.5 Å². The van der Waals surface area contributed by atoms with Crippen molar-refractivity contribution in [1.82, 2.24) is 0 Å². The Morgan fingerprint density at radius 3 is 2.12 bits per heavy atom. The molecule has 0 aliphatic carbocycles. The second-order valence-corrected chi connectivity index (χ2v) is 3.73. The summed E-state index contributed by atoms with van der Waals surface area (Å²) < 4.78 is 10.4. The van der Waals surface area contributed by atoms with Crippen molar-refractivity contribution in [3.05, 3.63) is 23.8 Å². The van der Waals surface area contributed by atoms with E-state index in [1.54, 1.807) is 26.4 Å². The first kappa shape index (κ1) is 12.8. The number of nitrogens with two attached hydrogens (primary N) is 1. The molecule has 0 spiro atoms. The molecule has 0 fully saturated rings. The summed E-state index contributed by atoms with van der Waals surface area (Å²) >= 11 is 0. The highest BCUT2D eigenvalue weighted by atomic mass is 16.5. The molecule has 0 heterocycles. The Kier molecular flexibility index (Phi) is 4.58. The Morgan fingerprint density at radius 1 is 1.25 bits per heavy atom. The number of methoxy groups -OCH3 is 2. The molecule has 0 aliphatic rings. The van der Waals surface area contributed by atoms with Gasteiger partial charge in [0.25, 0.3) is 0 Å². The molecule has 1 aromatic rings. The van der Waals surface area contributed by atoms with Crippen molar-refractivity contribution in [1.29, 1.82) is 0 Å². The quantitative estimate of drug-likeness (QED) is 0.793. The number of ether oxygens (including phenoxy) is 2. The van der Waals surface area contributed by atoms with E-state index in [4.69, 9.17) is 15.2 Å². The van der Waals surface area contributed by atoms with Gasteiger partial charge in [-0.2, -0.15) is 0 Å². The summed E-state index contributed by atoms with van der Waals surface area (Å²) in [6.07, 6.45) is -0.684. The Bertz CT molecular complexity index is 319. The van der Waals surface area contributed by atoms with E-state index in [0.717, 1.165) is 0 Å². The average molecular weight is 225 g/mol. The van der Waals surface area contributed by atoms with Gasteiger partial charge in [-0.25, -0.2) is 0 Å². The number of aliphatic hydroxyl groups is 1. The summed E-state index contributed by atoms with van der Waals surface area (Å²) in [7, 11) is 3.14. The Hall–Kier alpha value is -1.26. The molecule has 0 saturated heterocycles. The molecule has 2 atom stereocenters. The zero-order valence-electron chi connectivity index (χ0n) is 9.93. The first-order chi connectivity index (χ1) is 7.65. The van der Waals surface area contributed by atoms with Crippen molar-refractivity contribution in [3.63, 3.8) is 0 Å². The van der Waals surface area contributed by atoms with E-state index in [-0.39, 0.29) is 5.92 Å². The maximum Gasteiger partial charge on any atom is 0.128 e.